The van der Waals surface area contributed by atoms with Crippen LogP contribution in [0.3, 0.4) is 0 Å². The largest absolute Gasteiger partial charge is 0.353 e. The average molecular weight is 409 g/mol. The molecule has 30 heavy (non-hydrogen) atoms. The predicted molar refractivity (Wildman–Crippen MR) is 122 cm³/mol. The van der Waals surface area contributed by atoms with E-state index in [2.05, 4.69) is 42.6 Å². The molecule has 0 saturated heterocycles. The lowest BCUT2D eigenvalue weighted by Gasteiger charge is -2.62. The van der Waals surface area contributed by atoms with Gasteiger partial charge in [0, 0.05) is 18.0 Å². The van der Waals surface area contributed by atoms with E-state index in [-0.39, 0.29) is 11.3 Å². The molecule has 6 unspecified atom stereocenters. The average Bonchev–Trinajstić information content (AvgIpc) is 2.77. The third-order valence-corrected chi connectivity index (χ3v) is 9.49. The monoisotopic (exact) mass is 408 g/mol. The van der Waals surface area contributed by atoms with Gasteiger partial charge < -0.3 is 11.1 Å². The Kier molecular flexibility index (Phi) is 5.68. The van der Waals surface area contributed by atoms with E-state index in [1.165, 1.54) is 44.1 Å². The molecule has 164 valence electrons. The lowest BCUT2D eigenvalue weighted by molar-refractivity contribution is -0.140. The quantitative estimate of drug-likeness (QED) is 0.705. The van der Waals surface area contributed by atoms with Gasteiger partial charge in [-0.3, -0.25) is 4.79 Å². The summed E-state index contributed by atoms with van der Waals surface area (Å²) < 4.78 is 0. The molecular formula is C27H40N2O. The van der Waals surface area contributed by atoms with Crippen molar-refractivity contribution >= 4 is 5.91 Å². The Hall–Kier alpha value is -1.35. The minimum absolute atomic E-state index is 0.195. The van der Waals surface area contributed by atoms with Gasteiger partial charge in [0.15, 0.2) is 0 Å². The highest BCUT2D eigenvalue weighted by Crippen LogP contribution is 2.64. The highest BCUT2D eigenvalue weighted by Gasteiger charge is 2.59. The van der Waals surface area contributed by atoms with Gasteiger partial charge >= 0.3 is 0 Å². The molecule has 6 atom stereocenters. The second kappa shape index (κ2) is 8.30. The Morgan fingerprint density at radius 3 is 2.50 bits per heavy atom. The van der Waals surface area contributed by atoms with Crippen LogP contribution in [0.4, 0.5) is 0 Å². The molecule has 4 fully saturated rings. The fourth-order valence-corrected chi connectivity index (χ4v) is 8.22. The van der Waals surface area contributed by atoms with Gasteiger partial charge in [0.1, 0.15) is 0 Å². The highest BCUT2D eigenvalue weighted by molar-refractivity contribution is 5.80. The third-order valence-electron chi connectivity index (χ3n) is 9.49. The maximum atomic E-state index is 13.7. The van der Waals surface area contributed by atoms with Gasteiger partial charge in [0.05, 0.1) is 0 Å². The van der Waals surface area contributed by atoms with Crippen LogP contribution >= 0.6 is 0 Å². The van der Waals surface area contributed by atoms with Crippen molar-refractivity contribution in [2.45, 2.75) is 95.1 Å². The van der Waals surface area contributed by atoms with E-state index < -0.39 is 0 Å². The normalized spacial score (nSPS) is 42.7. The van der Waals surface area contributed by atoms with Gasteiger partial charge in [-0.25, -0.2) is 0 Å². The first kappa shape index (κ1) is 20.5. The Bertz CT molecular complexity index is 736. The van der Waals surface area contributed by atoms with Crippen LogP contribution in [0.25, 0.3) is 0 Å². The molecule has 1 amide bonds. The number of benzene rings is 1. The molecule has 1 aromatic rings. The van der Waals surface area contributed by atoms with Crippen molar-refractivity contribution in [2.24, 2.45) is 35.3 Å². The Morgan fingerprint density at radius 1 is 1.03 bits per heavy atom. The van der Waals surface area contributed by atoms with Gasteiger partial charge in [-0.2, -0.15) is 0 Å². The maximum absolute atomic E-state index is 13.7. The molecular weight excluding hydrogens is 368 g/mol. The SMILES string of the molecule is CCCC1C2CCC3C(C(=O)NC4CCC(N)CC4)CC1CC3(c1ccccc1)C2. The minimum Gasteiger partial charge on any atom is -0.353 e. The molecule has 3 N–H and O–H groups in total. The summed E-state index contributed by atoms with van der Waals surface area (Å²) in [5.41, 5.74) is 7.84. The molecule has 3 heteroatoms. The van der Waals surface area contributed by atoms with Crippen LogP contribution in [0.5, 0.6) is 0 Å². The number of rotatable bonds is 5. The lowest BCUT2D eigenvalue weighted by Crippen LogP contribution is -2.59. The first-order valence-corrected chi connectivity index (χ1v) is 12.7. The van der Waals surface area contributed by atoms with Crippen LogP contribution in [-0.4, -0.2) is 18.0 Å². The summed E-state index contributed by atoms with van der Waals surface area (Å²) in [4.78, 5) is 13.7. The zero-order valence-corrected chi connectivity index (χ0v) is 18.7. The molecule has 0 aromatic heterocycles. The van der Waals surface area contributed by atoms with E-state index >= 15 is 0 Å². The Balaban J connectivity index is 1.43. The zero-order valence-electron chi connectivity index (χ0n) is 18.7. The maximum Gasteiger partial charge on any atom is 0.223 e. The van der Waals surface area contributed by atoms with Crippen molar-refractivity contribution in [1.82, 2.24) is 5.32 Å². The van der Waals surface area contributed by atoms with E-state index in [1.54, 1.807) is 0 Å². The molecule has 4 saturated carbocycles. The summed E-state index contributed by atoms with van der Waals surface area (Å²) >= 11 is 0. The van der Waals surface area contributed by atoms with Crippen molar-refractivity contribution in [3.8, 4) is 0 Å². The van der Waals surface area contributed by atoms with Gasteiger partial charge in [-0.1, -0.05) is 50.1 Å². The zero-order chi connectivity index (χ0) is 20.7. The fourth-order valence-electron chi connectivity index (χ4n) is 8.22. The van der Waals surface area contributed by atoms with Gasteiger partial charge in [-0.05, 0) is 92.4 Å². The van der Waals surface area contributed by atoms with Crippen LogP contribution in [-0.2, 0) is 10.2 Å². The topological polar surface area (TPSA) is 55.1 Å². The summed E-state index contributed by atoms with van der Waals surface area (Å²) in [7, 11) is 0. The number of amides is 1. The number of nitrogens with two attached hydrogens (primary N) is 1. The van der Waals surface area contributed by atoms with Crippen LogP contribution < -0.4 is 11.1 Å². The molecule has 4 aliphatic carbocycles. The summed E-state index contributed by atoms with van der Waals surface area (Å²) in [6.07, 6.45) is 13.1. The van der Waals surface area contributed by atoms with Gasteiger partial charge in [0.2, 0.25) is 5.91 Å². The van der Waals surface area contributed by atoms with E-state index in [4.69, 9.17) is 5.73 Å². The van der Waals surface area contributed by atoms with Crippen molar-refractivity contribution < 1.29 is 4.79 Å². The van der Waals surface area contributed by atoms with Gasteiger partial charge in [0.25, 0.3) is 0 Å². The molecule has 0 aliphatic heterocycles. The van der Waals surface area contributed by atoms with E-state index in [1.807, 2.05) is 0 Å². The number of carbonyl (C=O) groups is 1. The molecule has 4 aliphatic rings. The first-order chi connectivity index (χ1) is 14.6. The number of carbonyl (C=O) groups excluding carboxylic acids is 1. The summed E-state index contributed by atoms with van der Waals surface area (Å²) in [6, 6.07) is 11.9. The Morgan fingerprint density at radius 2 is 1.77 bits per heavy atom. The lowest BCUT2D eigenvalue weighted by atomic mass is 9.42. The van der Waals surface area contributed by atoms with E-state index in [0.717, 1.165) is 49.9 Å². The first-order valence-electron chi connectivity index (χ1n) is 12.7. The summed E-state index contributed by atoms with van der Waals surface area (Å²) in [5.74, 6) is 3.48. The van der Waals surface area contributed by atoms with Crippen molar-refractivity contribution in [1.29, 1.82) is 0 Å². The second-order valence-corrected chi connectivity index (χ2v) is 11.0. The molecule has 0 radical (unpaired) electrons. The standard InChI is InChI=1S/C27H40N2O/c1-2-6-23-18-9-14-25-24(26(30)29-22-12-10-21(28)11-13-22)15-19(23)17-27(25,16-18)20-7-4-3-5-8-20/h3-5,7-8,18-19,21-25H,2,6,9-17,28H2,1H3,(H,29,30). The van der Waals surface area contributed by atoms with E-state index in [0.29, 0.717) is 23.9 Å². The summed E-state index contributed by atoms with van der Waals surface area (Å²) in [6.45, 7) is 2.34. The third kappa shape index (κ3) is 3.51. The van der Waals surface area contributed by atoms with Crippen LogP contribution in [0.2, 0.25) is 0 Å². The predicted octanol–water partition coefficient (Wildman–Crippen LogP) is 5.18. The fraction of sp³-hybridized carbons (Fsp3) is 0.741. The molecule has 5 rings (SSSR count). The molecule has 3 nitrogen and oxygen atoms in total. The molecule has 3 bridgehead atoms. The van der Waals surface area contributed by atoms with Crippen LogP contribution in [0.15, 0.2) is 30.3 Å². The molecule has 1 aromatic carbocycles. The second-order valence-electron chi connectivity index (χ2n) is 11.0. The molecule has 0 heterocycles. The Labute approximate surface area is 182 Å². The van der Waals surface area contributed by atoms with Gasteiger partial charge in [-0.15, -0.1) is 0 Å². The number of fused-ring (bicyclic) bond motifs is 2. The smallest absolute Gasteiger partial charge is 0.223 e. The van der Waals surface area contributed by atoms with E-state index in [9.17, 15) is 4.79 Å². The molecule has 0 spiro atoms. The van der Waals surface area contributed by atoms with Crippen molar-refractivity contribution in [3.05, 3.63) is 35.9 Å². The van der Waals surface area contributed by atoms with Crippen LogP contribution in [0.1, 0.15) is 83.1 Å². The number of hydrogen-bond acceptors (Lipinski definition) is 2. The number of hydrogen-bond donors (Lipinski definition) is 2. The summed E-state index contributed by atoms with van der Waals surface area (Å²) in [5, 5.41) is 3.50. The van der Waals surface area contributed by atoms with Crippen molar-refractivity contribution in [2.75, 3.05) is 0 Å². The van der Waals surface area contributed by atoms with Crippen LogP contribution in [0, 0.1) is 29.6 Å². The highest BCUT2D eigenvalue weighted by atomic mass is 16.2. The minimum atomic E-state index is 0.195. The number of nitrogens with one attached hydrogen (secondary N) is 1. The van der Waals surface area contributed by atoms with Crippen molar-refractivity contribution in [3.63, 3.8) is 0 Å².